The molecule has 0 saturated heterocycles. The average Bonchev–Trinajstić information content (AvgIpc) is 2.29. The molecule has 1 unspecified atom stereocenters. The first-order valence-electron chi connectivity index (χ1n) is 5.34. The van der Waals surface area contributed by atoms with Gasteiger partial charge in [0.15, 0.2) is 0 Å². The van der Waals surface area contributed by atoms with Crippen LogP contribution in [0.25, 0.3) is 0 Å². The first-order chi connectivity index (χ1) is 8.32. The quantitative estimate of drug-likeness (QED) is 0.882. The van der Waals surface area contributed by atoms with E-state index in [2.05, 4.69) is 15.9 Å². The van der Waals surface area contributed by atoms with Crippen LogP contribution in [-0.2, 0) is 9.59 Å². The smallest absolute Gasteiger partial charge is 0.305 e. The summed E-state index contributed by atoms with van der Waals surface area (Å²) in [6, 6.07) is 4.49. The highest BCUT2D eigenvalue weighted by Gasteiger charge is 2.22. The number of nitrogens with two attached hydrogens (primary N) is 1. The molecule has 3 N–H and O–H groups in total. The van der Waals surface area contributed by atoms with Crippen LogP contribution < -0.4 is 10.6 Å². The van der Waals surface area contributed by atoms with Gasteiger partial charge in [0.1, 0.15) is 0 Å². The summed E-state index contributed by atoms with van der Waals surface area (Å²) in [7, 11) is 1.58. The van der Waals surface area contributed by atoms with Crippen LogP contribution in [0.1, 0.15) is 12.0 Å². The van der Waals surface area contributed by atoms with Crippen LogP contribution in [0.5, 0.6) is 0 Å². The minimum Gasteiger partial charge on any atom is -0.481 e. The Balaban J connectivity index is 2.92. The normalized spacial score (nSPS) is 12.0. The number of anilines is 1. The number of carboxylic acids is 1. The summed E-state index contributed by atoms with van der Waals surface area (Å²) in [5.41, 5.74) is 7.18. The molecule has 5 nitrogen and oxygen atoms in total. The fraction of sp³-hybridized carbons (Fsp3) is 0.333. The molecule has 1 rings (SSSR count). The Morgan fingerprint density at radius 1 is 1.50 bits per heavy atom. The van der Waals surface area contributed by atoms with E-state index in [-0.39, 0.29) is 6.42 Å². The van der Waals surface area contributed by atoms with E-state index in [1.165, 1.54) is 4.90 Å². The van der Waals surface area contributed by atoms with E-state index in [4.69, 9.17) is 10.8 Å². The Kier molecular flexibility index (Phi) is 4.86. The summed E-state index contributed by atoms with van der Waals surface area (Å²) in [6.07, 6.45) is -0.379. The number of aryl methyl sites for hydroxylation is 1. The van der Waals surface area contributed by atoms with Gasteiger partial charge in [-0.15, -0.1) is 0 Å². The average molecular weight is 315 g/mol. The first kappa shape index (κ1) is 14.7. The minimum absolute atomic E-state index is 0.379. The fourth-order valence-electron chi connectivity index (χ4n) is 1.59. The summed E-state index contributed by atoms with van der Waals surface area (Å²) in [5.74, 6) is -1.51. The monoisotopic (exact) mass is 314 g/mol. The third-order valence-corrected chi connectivity index (χ3v) is 3.07. The number of carbonyl (C=O) groups is 2. The fourth-order valence-corrected chi connectivity index (χ4v) is 1.94. The molecule has 1 aromatic rings. The zero-order chi connectivity index (χ0) is 13.9. The zero-order valence-corrected chi connectivity index (χ0v) is 11.8. The van der Waals surface area contributed by atoms with Crippen molar-refractivity contribution in [3.63, 3.8) is 0 Å². The number of amides is 1. The molecule has 0 aliphatic heterocycles. The Bertz CT molecular complexity index is 476. The van der Waals surface area contributed by atoms with E-state index in [0.717, 1.165) is 10.0 Å². The van der Waals surface area contributed by atoms with E-state index < -0.39 is 17.9 Å². The second-order valence-electron chi connectivity index (χ2n) is 4.03. The number of benzene rings is 1. The van der Waals surface area contributed by atoms with Crippen LogP contribution in [0.3, 0.4) is 0 Å². The van der Waals surface area contributed by atoms with Crippen LogP contribution >= 0.6 is 15.9 Å². The third kappa shape index (κ3) is 3.54. The van der Waals surface area contributed by atoms with Crippen molar-refractivity contribution in [3.8, 4) is 0 Å². The molecule has 0 aliphatic carbocycles. The summed E-state index contributed by atoms with van der Waals surface area (Å²) in [4.78, 5) is 23.9. The molecular formula is C12H15BrN2O3. The molecule has 0 saturated carbocycles. The van der Waals surface area contributed by atoms with Crippen LogP contribution in [0, 0.1) is 6.92 Å². The van der Waals surface area contributed by atoms with Gasteiger partial charge >= 0.3 is 5.97 Å². The topological polar surface area (TPSA) is 83.6 Å². The van der Waals surface area contributed by atoms with Crippen molar-refractivity contribution in [2.75, 3.05) is 11.9 Å². The summed E-state index contributed by atoms with van der Waals surface area (Å²) in [5, 5.41) is 8.63. The molecule has 18 heavy (non-hydrogen) atoms. The van der Waals surface area contributed by atoms with Crippen molar-refractivity contribution in [2.24, 2.45) is 5.73 Å². The molecule has 1 amide bonds. The third-order valence-electron chi connectivity index (χ3n) is 2.57. The number of nitrogens with zero attached hydrogens (tertiary/aromatic N) is 1. The number of likely N-dealkylation sites (N-methyl/N-ethyl adjacent to an activating group) is 1. The highest BCUT2D eigenvalue weighted by atomic mass is 79.9. The SMILES string of the molecule is Cc1ccc(Br)cc1N(C)C(=O)C(N)CC(=O)O. The Morgan fingerprint density at radius 2 is 2.11 bits per heavy atom. The summed E-state index contributed by atoms with van der Waals surface area (Å²) in [6.45, 7) is 1.87. The minimum atomic E-state index is -1.09. The Hall–Kier alpha value is -1.40. The number of aliphatic carboxylic acids is 1. The first-order valence-corrected chi connectivity index (χ1v) is 6.13. The van der Waals surface area contributed by atoms with E-state index in [1.54, 1.807) is 13.1 Å². The number of halogens is 1. The van der Waals surface area contributed by atoms with Gasteiger partial charge in [-0.2, -0.15) is 0 Å². The Morgan fingerprint density at radius 3 is 2.67 bits per heavy atom. The van der Waals surface area contributed by atoms with Crippen molar-refractivity contribution in [1.29, 1.82) is 0 Å². The highest BCUT2D eigenvalue weighted by molar-refractivity contribution is 9.10. The van der Waals surface area contributed by atoms with Crippen LogP contribution in [0.2, 0.25) is 0 Å². The number of carboxylic acid groups (broad SMARTS) is 1. The highest BCUT2D eigenvalue weighted by Crippen LogP contribution is 2.24. The van der Waals surface area contributed by atoms with E-state index in [1.807, 2.05) is 19.1 Å². The molecule has 0 bridgehead atoms. The molecule has 0 spiro atoms. The van der Waals surface area contributed by atoms with Crippen molar-refractivity contribution in [2.45, 2.75) is 19.4 Å². The van der Waals surface area contributed by atoms with Crippen LogP contribution in [0.15, 0.2) is 22.7 Å². The van der Waals surface area contributed by atoms with Crippen molar-refractivity contribution in [3.05, 3.63) is 28.2 Å². The standard InChI is InChI=1S/C12H15BrN2O3/c1-7-3-4-8(13)5-10(7)15(2)12(18)9(14)6-11(16)17/h3-5,9H,6,14H2,1-2H3,(H,16,17). The van der Waals surface area contributed by atoms with Gasteiger partial charge in [-0.05, 0) is 24.6 Å². The molecule has 0 fully saturated rings. The predicted molar refractivity (Wildman–Crippen MR) is 72.5 cm³/mol. The summed E-state index contributed by atoms with van der Waals surface area (Å²) >= 11 is 3.33. The molecule has 1 aromatic carbocycles. The number of hydrogen-bond acceptors (Lipinski definition) is 3. The van der Waals surface area contributed by atoms with Gasteiger partial charge in [-0.25, -0.2) is 0 Å². The molecule has 1 atom stereocenters. The van der Waals surface area contributed by atoms with E-state index >= 15 is 0 Å². The van der Waals surface area contributed by atoms with Gasteiger partial charge < -0.3 is 15.7 Å². The lowest BCUT2D eigenvalue weighted by atomic mass is 10.1. The van der Waals surface area contributed by atoms with Gasteiger partial charge in [0.05, 0.1) is 12.5 Å². The number of hydrogen-bond donors (Lipinski definition) is 2. The zero-order valence-electron chi connectivity index (χ0n) is 10.2. The van der Waals surface area contributed by atoms with Crippen molar-refractivity contribution < 1.29 is 14.7 Å². The lowest BCUT2D eigenvalue weighted by Gasteiger charge is -2.22. The van der Waals surface area contributed by atoms with Crippen molar-refractivity contribution in [1.82, 2.24) is 0 Å². The molecule has 0 heterocycles. The van der Waals surface area contributed by atoms with Gasteiger partial charge in [-0.3, -0.25) is 9.59 Å². The van der Waals surface area contributed by atoms with Gasteiger partial charge in [0, 0.05) is 17.2 Å². The lowest BCUT2D eigenvalue weighted by Crippen LogP contribution is -2.43. The van der Waals surface area contributed by atoms with Crippen molar-refractivity contribution >= 4 is 33.5 Å². The Labute approximate surface area is 114 Å². The maximum atomic E-state index is 12.0. The van der Waals surface area contributed by atoms with Crippen LogP contribution in [-0.4, -0.2) is 30.1 Å². The second kappa shape index (κ2) is 5.97. The molecular weight excluding hydrogens is 300 g/mol. The maximum absolute atomic E-state index is 12.0. The number of carbonyl (C=O) groups excluding carboxylic acids is 1. The van der Waals surface area contributed by atoms with Gasteiger partial charge in [-0.1, -0.05) is 22.0 Å². The molecule has 0 aromatic heterocycles. The van der Waals surface area contributed by atoms with E-state index in [9.17, 15) is 9.59 Å². The molecule has 98 valence electrons. The number of rotatable bonds is 4. The molecule has 6 heteroatoms. The van der Waals surface area contributed by atoms with E-state index in [0.29, 0.717) is 5.69 Å². The summed E-state index contributed by atoms with van der Waals surface area (Å²) < 4.78 is 0.842. The molecule has 0 radical (unpaired) electrons. The van der Waals surface area contributed by atoms with Gasteiger partial charge in [0.2, 0.25) is 5.91 Å². The van der Waals surface area contributed by atoms with Crippen LogP contribution in [0.4, 0.5) is 5.69 Å². The molecule has 0 aliphatic rings. The lowest BCUT2D eigenvalue weighted by molar-refractivity contribution is -0.139. The maximum Gasteiger partial charge on any atom is 0.305 e. The second-order valence-corrected chi connectivity index (χ2v) is 4.95. The predicted octanol–water partition coefficient (Wildman–Crippen LogP) is 1.52. The van der Waals surface area contributed by atoms with Gasteiger partial charge in [0.25, 0.3) is 0 Å². The largest absolute Gasteiger partial charge is 0.481 e.